The summed E-state index contributed by atoms with van der Waals surface area (Å²) in [5.41, 5.74) is 2.48. The molecule has 2 unspecified atom stereocenters. The first-order valence-corrected chi connectivity index (χ1v) is 8.19. The second-order valence-electron chi connectivity index (χ2n) is 7.71. The molecule has 0 saturated heterocycles. The molecule has 0 amide bonds. The largest absolute Gasteiger partial charge is 0.299 e. The van der Waals surface area contributed by atoms with Gasteiger partial charge in [-0.1, -0.05) is 64.1 Å². The smallest absolute Gasteiger partial charge is 0.143 e. The summed E-state index contributed by atoms with van der Waals surface area (Å²) in [6.45, 7) is 8.98. The highest BCUT2D eigenvalue weighted by Crippen LogP contribution is 2.64. The quantitative estimate of drug-likeness (QED) is 0.743. The van der Waals surface area contributed by atoms with Crippen LogP contribution in [0.25, 0.3) is 6.08 Å². The van der Waals surface area contributed by atoms with Gasteiger partial charge in [0.15, 0.2) is 0 Å². The number of hydrogen-bond acceptors (Lipinski definition) is 1. The Morgan fingerprint density at radius 1 is 1.19 bits per heavy atom. The lowest BCUT2D eigenvalue weighted by Gasteiger charge is -2.33. The van der Waals surface area contributed by atoms with E-state index in [-0.39, 0.29) is 10.8 Å². The Kier molecular flexibility index (Phi) is 3.35. The van der Waals surface area contributed by atoms with Crippen LogP contribution < -0.4 is 0 Å². The van der Waals surface area contributed by atoms with Crippen LogP contribution in [0.3, 0.4) is 0 Å². The standard InChI is InChI=1S/C20H26O/c1-14(2)16-7-5-15(6-8-16)9-11-20-12-10-17(13-18(20)21)19(20,3)4/h5-9,11,14,17H,10,12-13H2,1-4H3. The van der Waals surface area contributed by atoms with Gasteiger partial charge >= 0.3 is 0 Å². The Morgan fingerprint density at radius 2 is 1.86 bits per heavy atom. The molecule has 2 aliphatic rings. The van der Waals surface area contributed by atoms with Crippen molar-refractivity contribution in [2.24, 2.45) is 16.7 Å². The van der Waals surface area contributed by atoms with E-state index in [4.69, 9.17) is 0 Å². The van der Waals surface area contributed by atoms with Crippen LogP contribution in [0, 0.1) is 16.7 Å². The molecule has 0 heterocycles. The Labute approximate surface area is 128 Å². The maximum atomic E-state index is 12.5. The number of rotatable bonds is 3. The van der Waals surface area contributed by atoms with Crippen molar-refractivity contribution in [2.75, 3.05) is 0 Å². The van der Waals surface area contributed by atoms with E-state index in [1.165, 1.54) is 17.5 Å². The zero-order chi connectivity index (χ0) is 15.3. The van der Waals surface area contributed by atoms with Crippen molar-refractivity contribution in [1.82, 2.24) is 0 Å². The van der Waals surface area contributed by atoms with Gasteiger partial charge in [0.25, 0.3) is 0 Å². The molecule has 0 spiro atoms. The van der Waals surface area contributed by atoms with E-state index in [2.05, 4.69) is 64.1 Å². The van der Waals surface area contributed by atoms with Crippen LogP contribution in [0.2, 0.25) is 0 Å². The van der Waals surface area contributed by atoms with Gasteiger partial charge < -0.3 is 0 Å². The van der Waals surface area contributed by atoms with Crippen molar-refractivity contribution < 1.29 is 4.79 Å². The van der Waals surface area contributed by atoms with Crippen molar-refractivity contribution in [1.29, 1.82) is 0 Å². The number of carbonyl (C=O) groups excluding carboxylic acids is 1. The van der Waals surface area contributed by atoms with Crippen LogP contribution in [-0.2, 0) is 4.79 Å². The van der Waals surface area contributed by atoms with Crippen molar-refractivity contribution in [2.45, 2.75) is 52.9 Å². The maximum Gasteiger partial charge on any atom is 0.143 e. The number of Topliss-reactive ketones (excluding diaryl/α,β-unsaturated/α-hetero) is 1. The molecule has 0 radical (unpaired) electrons. The Morgan fingerprint density at radius 3 is 2.33 bits per heavy atom. The summed E-state index contributed by atoms with van der Waals surface area (Å²) in [6.07, 6.45) is 7.40. The van der Waals surface area contributed by atoms with Gasteiger partial charge in [0.1, 0.15) is 5.78 Å². The zero-order valence-electron chi connectivity index (χ0n) is 13.6. The molecule has 112 valence electrons. The SMILES string of the molecule is CC(C)c1ccc(C=CC23CCC(CC2=O)C3(C)C)cc1. The molecule has 2 bridgehead atoms. The lowest BCUT2D eigenvalue weighted by Crippen LogP contribution is -2.33. The fraction of sp³-hybridized carbons (Fsp3) is 0.550. The number of carbonyl (C=O) groups is 1. The van der Waals surface area contributed by atoms with Crippen LogP contribution in [0.5, 0.6) is 0 Å². The summed E-state index contributed by atoms with van der Waals surface area (Å²) in [7, 11) is 0. The summed E-state index contributed by atoms with van der Waals surface area (Å²) in [6, 6.07) is 8.73. The maximum absolute atomic E-state index is 12.5. The van der Waals surface area contributed by atoms with E-state index in [9.17, 15) is 4.79 Å². The van der Waals surface area contributed by atoms with Crippen molar-refractivity contribution in [3.63, 3.8) is 0 Å². The minimum atomic E-state index is -0.214. The van der Waals surface area contributed by atoms with Crippen LogP contribution in [0.4, 0.5) is 0 Å². The molecule has 1 heteroatoms. The molecule has 2 aliphatic carbocycles. The van der Waals surface area contributed by atoms with Crippen LogP contribution in [0.15, 0.2) is 30.3 Å². The van der Waals surface area contributed by atoms with Gasteiger partial charge in [0.05, 0.1) is 5.41 Å². The van der Waals surface area contributed by atoms with Gasteiger partial charge in [0.2, 0.25) is 0 Å². The normalized spacial score (nSPS) is 30.7. The van der Waals surface area contributed by atoms with E-state index in [0.717, 1.165) is 12.8 Å². The molecule has 1 nitrogen and oxygen atoms in total. The van der Waals surface area contributed by atoms with E-state index in [1.807, 2.05) is 0 Å². The lowest BCUT2D eigenvalue weighted by molar-refractivity contribution is -0.126. The molecule has 2 fully saturated rings. The Balaban J connectivity index is 1.87. The molecular weight excluding hydrogens is 256 g/mol. The molecule has 2 saturated carbocycles. The third kappa shape index (κ3) is 2.09. The molecule has 1 aromatic rings. The number of ketones is 1. The highest BCUT2D eigenvalue weighted by molar-refractivity contribution is 5.92. The second-order valence-corrected chi connectivity index (χ2v) is 7.71. The monoisotopic (exact) mass is 282 g/mol. The Bertz CT molecular complexity index is 576. The van der Waals surface area contributed by atoms with Crippen molar-refractivity contribution in [3.8, 4) is 0 Å². The first-order valence-electron chi connectivity index (χ1n) is 8.19. The number of allylic oxidation sites excluding steroid dienone is 1. The van der Waals surface area contributed by atoms with E-state index >= 15 is 0 Å². The first-order chi connectivity index (χ1) is 9.87. The molecule has 0 aliphatic heterocycles. The predicted molar refractivity (Wildman–Crippen MR) is 88.1 cm³/mol. The lowest BCUT2D eigenvalue weighted by atomic mass is 9.68. The second kappa shape index (κ2) is 4.83. The van der Waals surface area contributed by atoms with Crippen LogP contribution >= 0.6 is 0 Å². The molecule has 3 rings (SSSR count). The average Bonchev–Trinajstić information content (AvgIpc) is 2.80. The van der Waals surface area contributed by atoms with Gasteiger partial charge in [-0.05, 0) is 41.2 Å². The fourth-order valence-corrected chi connectivity index (χ4v) is 4.33. The number of benzene rings is 1. The topological polar surface area (TPSA) is 17.1 Å². The van der Waals surface area contributed by atoms with Gasteiger partial charge in [-0.3, -0.25) is 4.79 Å². The molecular formula is C20H26O. The summed E-state index contributed by atoms with van der Waals surface area (Å²) >= 11 is 0. The summed E-state index contributed by atoms with van der Waals surface area (Å²) in [5.74, 6) is 1.60. The average molecular weight is 282 g/mol. The molecule has 1 aromatic carbocycles. The number of hydrogen-bond donors (Lipinski definition) is 0. The zero-order valence-corrected chi connectivity index (χ0v) is 13.6. The molecule has 2 atom stereocenters. The molecule has 0 aromatic heterocycles. The summed E-state index contributed by atoms with van der Waals surface area (Å²) in [5, 5.41) is 0. The predicted octanol–water partition coefficient (Wildman–Crippen LogP) is 5.22. The van der Waals surface area contributed by atoms with E-state index in [0.29, 0.717) is 17.6 Å². The first kappa shape index (κ1) is 14.6. The minimum Gasteiger partial charge on any atom is -0.299 e. The van der Waals surface area contributed by atoms with Gasteiger partial charge in [-0.15, -0.1) is 0 Å². The number of fused-ring (bicyclic) bond motifs is 2. The molecule has 21 heavy (non-hydrogen) atoms. The highest BCUT2D eigenvalue weighted by Gasteiger charge is 2.62. The minimum absolute atomic E-state index is 0.123. The van der Waals surface area contributed by atoms with Gasteiger partial charge in [-0.2, -0.15) is 0 Å². The van der Waals surface area contributed by atoms with Crippen molar-refractivity contribution >= 4 is 11.9 Å². The van der Waals surface area contributed by atoms with E-state index < -0.39 is 0 Å². The highest BCUT2D eigenvalue weighted by atomic mass is 16.1. The van der Waals surface area contributed by atoms with E-state index in [1.54, 1.807) is 0 Å². The van der Waals surface area contributed by atoms with Crippen LogP contribution in [-0.4, -0.2) is 5.78 Å². The third-order valence-corrected chi connectivity index (χ3v) is 6.15. The Hall–Kier alpha value is -1.37. The van der Waals surface area contributed by atoms with Crippen LogP contribution in [0.1, 0.15) is 64.0 Å². The molecule has 0 N–H and O–H groups in total. The van der Waals surface area contributed by atoms with Gasteiger partial charge in [-0.25, -0.2) is 0 Å². The van der Waals surface area contributed by atoms with Gasteiger partial charge in [0, 0.05) is 6.42 Å². The van der Waals surface area contributed by atoms with Crippen molar-refractivity contribution in [3.05, 3.63) is 41.5 Å². The summed E-state index contributed by atoms with van der Waals surface area (Å²) < 4.78 is 0. The third-order valence-electron chi connectivity index (χ3n) is 6.15. The summed E-state index contributed by atoms with van der Waals surface area (Å²) in [4.78, 5) is 12.5. The fourth-order valence-electron chi connectivity index (χ4n) is 4.33.